The lowest BCUT2D eigenvalue weighted by molar-refractivity contribution is -0.138. The Morgan fingerprint density at radius 1 is 1.09 bits per heavy atom. The van der Waals surface area contributed by atoms with Gasteiger partial charge in [-0.15, -0.1) is 0 Å². The molecule has 22 heavy (non-hydrogen) atoms. The molecule has 1 N–H and O–H groups in total. The van der Waals surface area contributed by atoms with E-state index in [1.165, 1.54) is 13.0 Å². The van der Waals surface area contributed by atoms with Crippen LogP contribution in [0.1, 0.15) is 24.0 Å². The second-order valence-corrected chi connectivity index (χ2v) is 6.44. The Balaban J connectivity index is 2.25. The maximum Gasteiger partial charge on any atom is 0.313 e. The summed E-state index contributed by atoms with van der Waals surface area (Å²) in [6, 6.07) is 14.9. The zero-order valence-corrected chi connectivity index (χ0v) is 12.8. The highest BCUT2D eigenvalue weighted by Crippen LogP contribution is 2.28. The zero-order valence-electron chi connectivity index (χ0n) is 12.0. The Kier molecular flexibility index (Phi) is 4.82. The molecule has 6 heteroatoms. The second kappa shape index (κ2) is 6.62. The van der Waals surface area contributed by atoms with E-state index in [0.717, 1.165) is 0 Å². The molecule has 0 fully saturated rings. The molecule has 5 nitrogen and oxygen atoms in total. The Morgan fingerprint density at radius 2 is 1.68 bits per heavy atom. The minimum Gasteiger partial charge on any atom is -0.481 e. The molecule has 0 saturated carbocycles. The van der Waals surface area contributed by atoms with Gasteiger partial charge in [-0.2, -0.15) is 8.42 Å². The number of carbonyl (C=O) groups is 1. The summed E-state index contributed by atoms with van der Waals surface area (Å²) in [5.74, 6) is -2.13. The third kappa shape index (κ3) is 4.08. The number of benzene rings is 2. The van der Waals surface area contributed by atoms with Crippen LogP contribution < -0.4 is 4.18 Å². The largest absolute Gasteiger partial charge is 0.481 e. The van der Waals surface area contributed by atoms with E-state index in [2.05, 4.69) is 0 Å². The number of hydrogen-bond acceptors (Lipinski definition) is 4. The molecule has 116 valence electrons. The molecule has 1 atom stereocenters. The lowest BCUT2D eigenvalue weighted by Crippen LogP contribution is -2.15. The first-order valence-electron chi connectivity index (χ1n) is 6.67. The summed E-state index contributed by atoms with van der Waals surface area (Å²) in [5, 5.41) is 9.09. The van der Waals surface area contributed by atoms with Crippen LogP contribution in [0, 0.1) is 0 Å². The van der Waals surface area contributed by atoms with Gasteiger partial charge in [0, 0.05) is 5.56 Å². The van der Waals surface area contributed by atoms with E-state index >= 15 is 0 Å². The number of para-hydroxylation sites is 1. The average Bonchev–Trinajstić information content (AvgIpc) is 2.47. The topological polar surface area (TPSA) is 80.7 Å². The number of hydrogen-bond donors (Lipinski definition) is 1. The molecule has 2 rings (SSSR count). The molecule has 0 aliphatic carbocycles. The smallest absolute Gasteiger partial charge is 0.313 e. The number of rotatable bonds is 6. The SMILES string of the molecule is CC(C(=O)O)c1ccccc1OS(=O)(=O)Cc1ccccc1. The lowest BCUT2D eigenvalue weighted by Gasteiger charge is -2.14. The zero-order chi connectivity index (χ0) is 16.2. The first-order valence-corrected chi connectivity index (χ1v) is 8.24. The molecule has 0 amide bonds. The van der Waals surface area contributed by atoms with Crippen molar-refractivity contribution in [1.29, 1.82) is 0 Å². The highest BCUT2D eigenvalue weighted by atomic mass is 32.2. The predicted molar refractivity (Wildman–Crippen MR) is 82.2 cm³/mol. The van der Waals surface area contributed by atoms with Gasteiger partial charge in [0.1, 0.15) is 11.5 Å². The Hall–Kier alpha value is -2.34. The van der Waals surface area contributed by atoms with E-state index < -0.39 is 22.0 Å². The number of aliphatic carboxylic acids is 1. The molecule has 0 bridgehead atoms. The summed E-state index contributed by atoms with van der Waals surface area (Å²) in [6.45, 7) is 1.48. The van der Waals surface area contributed by atoms with Gasteiger partial charge in [0.15, 0.2) is 0 Å². The third-order valence-corrected chi connectivity index (χ3v) is 4.28. The molecule has 0 radical (unpaired) electrons. The van der Waals surface area contributed by atoms with Crippen molar-refractivity contribution in [1.82, 2.24) is 0 Å². The number of carboxylic acid groups (broad SMARTS) is 1. The van der Waals surface area contributed by atoms with Crippen LogP contribution in [-0.4, -0.2) is 19.5 Å². The normalized spacial score (nSPS) is 12.6. The van der Waals surface area contributed by atoms with Crippen LogP contribution in [0.3, 0.4) is 0 Å². The first-order chi connectivity index (χ1) is 10.4. The first kappa shape index (κ1) is 16.0. The van der Waals surface area contributed by atoms with Gasteiger partial charge < -0.3 is 9.29 Å². The van der Waals surface area contributed by atoms with Gasteiger partial charge >= 0.3 is 16.1 Å². The molecule has 0 aromatic heterocycles. The lowest BCUT2D eigenvalue weighted by atomic mass is 10.0. The van der Waals surface area contributed by atoms with E-state index in [9.17, 15) is 13.2 Å². The summed E-state index contributed by atoms with van der Waals surface area (Å²) >= 11 is 0. The van der Waals surface area contributed by atoms with Crippen molar-refractivity contribution in [3.8, 4) is 5.75 Å². The van der Waals surface area contributed by atoms with Crippen LogP contribution in [0.25, 0.3) is 0 Å². The fourth-order valence-corrected chi connectivity index (χ4v) is 3.08. The summed E-state index contributed by atoms with van der Waals surface area (Å²) in [7, 11) is -3.86. The van der Waals surface area contributed by atoms with Crippen LogP contribution in [0.15, 0.2) is 54.6 Å². The van der Waals surface area contributed by atoms with Gasteiger partial charge in [-0.25, -0.2) is 0 Å². The predicted octanol–water partition coefficient (Wildman–Crippen LogP) is 2.78. The summed E-state index contributed by atoms with van der Waals surface area (Å²) in [6.07, 6.45) is 0. The highest BCUT2D eigenvalue weighted by molar-refractivity contribution is 7.86. The van der Waals surface area contributed by atoms with Crippen LogP contribution >= 0.6 is 0 Å². The van der Waals surface area contributed by atoms with Crippen molar-refractivity contribution >= 4 is 16.1 Å². The van der Waals surface area contributed by atoms with E-state index in [1.807, 2.05) is 0 Å². The third-order valence-electron chi connectivity index (χ3n) is 3.16. The van der Waals surface area contributed by atoms with Gasteiger partial charge in [0.25, 0.3) is 0 Å². The minimum absolute atomic E-state index is 0.0494. The molecular weight excluding hydrogens is 304 g/mol. The summed E-state index contributed by atoms with van der Waals surface area (Å²) < 4.78 is 29.4. The van der Waals surface area contributed by atoms with E-state index in [1.54, 1.807) is 48.5 Å². The van der Waals surface area contributed by atoms with E-state index in [-0.39, 0.29) is 11.5 Å². The molecule has 0 saturated heterocycles. The van der Waals surface area contributed by atoms with Crippen molar-refractivity contribution in [2.75, 3.05) is 0 Å². The van der Waals surface area contributed by atoms with Crippen molar-refractivity contribution in [2.45, 2.75) is 18.6 Å². The Bertz CT molecular complexity index is 753. The van der Waals surface area contributed by atoms with Crippen LogP contribution in [0.5, 0.6) is 5.75 Å². The summed E-state index contributed by atoms with van der Waals surface area (Å²) in [5.41, 5.74) is 0.929. The quantitative estimate of drug-likeness (QED) is 0.828. The van der Waals surface area contributed by atoms with Crippen molar-refractivity contribution in [3.05, 3.63) is 65.7 Å². The van der Waals surface area contributed by atoms with Crippen LogP contribution in [-0.2, 0) is 20.7 Å². The molecule has 2 aromatic carbocycles. The molecular formula is C16H16O5S. The average molecular weight is 320 g/mol. The number of carboxylic acids is 1. The molecule has 0 spiro atoms. The Labute approximate surface area is 129 Å². The highest BCUT2D eigenvalue weighted by Gasteiger charge is 2.22. The van der Waals surface area contributed by atoms with E-state index in [0.29, 0.717) is 11.1 Å². The van der Waals surface area contributed by atoms with E-state index in [4.69, 9.17) is 9.29 Å². The van der Waals surface area contributed by atoms with Crippen LogP contribution in [0.4, 0.5) is 0 Å². The monoisotopic (exact) mass is 320 g/mol. The second-order valence-electron chi connectivity index (χ2n) is 4.87. The minimum atomic E-state index is -3.86. The maximum absolute atomic E-state index is 12.1. The fourth-order valence-electron chi connectivity index (χ4n) is 1.99. The molecule has 0 heterocycles. The summed E-state index contributed by atoms with van der Waals surface area (Å²) in [4.78, 5) is 11.1. The fraction of sp³-hybridized carbons (Fsp3) is 0.188. The van der Waals surface area contributed by atoms with Crippen molar-refractivity contribution in [2.24, 2.45) is 0 Å². The molecule has 0 aliphatic rings. The Morgan fingerprint density at radius 3 is 2.32 bits per heavy atom. The van der Waals surface area contributed by atoms with Crippen molar-refractivity contribution in [3.63, 3.8) is 0 Å². The van der Waals surface area contributed by atoms with Gasteiger partial charge in [0.2, 0.25) is 0 Å². The molecule has 2 aromatic rings. The van der Waals surface area contributed by atoms with Gasteiger partial charge in [-0.3, -0.25) is 4.79 Å². The van der Waals surface area contributed by atoms with Crippen LogP contribution in [0.2, 0.25) is 0 Å². The molecule has 0 aliphatic heterocycles. The van der Waals surface area contributed by atoms with Crippen molar-refractivity contribution < 1.29 is 22.5 Å². The van der Waals surface area contributed by atoms with Gasteiger partial charge in [-0.1, -0.05) is 48.5 Å². The van der Waals surface area contributed by atoms with Gasteiger partial charge in [0.05, 0.1) is 5.92 Å². The van der Waals surface area contributed by atoms with Gasteiger partial charge in [-0.05, 0) is 18.6 Å². The molecule has 1 unspecified atom stereocenters. The maximum atomic E-state index is 12.1. The standard InChI is InChI=1S/C16H16O5S/c1-12(16(17)18)14-9-5-6-10-15(14)21-22(19,20)11-13-7-3-2-4-8-13/h2-10,12H,11H2,1H3,(H,17,18).